The number of benzene rings is 1. The first-order valence-electron chi connectivity index (χ1n) is 5.77. The minimum Gasteiger partial charge on any atom is -0.496 e. The summed E-state index contributed by atoms with van der Waals surface area (Å²) in [6, 6.07) is 2.53. The van der Waals surface area contributed by atoms with E-state index in [1.807, 2.05) is 4.72 Å². The lowest BCUT2D eigenvalue weighted by Crippen LogP contribution is -2.47. The van der Waals surface area contributed by atoms with Gasteiger partial charge in [-0.2, -0.15) is 4.72 Å². The molecule has 0 bridgehead atoms. The maximum Gasteiger partial charge on any atom is 0.324 e. The molecule has 1 rings (SSSR count). The summed E-state index contributed by atoms with van der Waals surface area (Å²) in [5.41, 5.74) is 0.597. The molecule has 0 aromatic heterocycles. The van der Waals surface area contributed by atoms with E-state index in [1.165, 1.54) is 32.2 Å². The molecule has 0 saturated heterocycles. The summed E-state index contributed by atoms with van der Waals surface area (Å²) in [4.78, 5) is 10.8. The Balaban J connectivity index is 3.11. The Labute approximate surface area is 117 Å². The van der Waals surface area contributed by atoms with Crippen LogP contribution in [0.15, 0.2) is 23.1 Å². The molecule has 3 N–H and O–H groups in total. The van der Waals surface area contributed by atoms with Crippen LogP contribution in [0.4, 0.5) is 0 Å². The van der Waals surface area contributed by atoms with Gasteiger partial charge in [-0.1, -0.05) is 0 Å². The number of rotatable bonds is 6. The fraction of sp³-hybridized carbons (Fsp3) is 0.417. The molecular weight excluding hydrogens is 286 g/mol. The van der Waals surface area contributed by atoms with Crippen molar-refractivity contribution in [2.24, 2.45) is 0 Å². The predicted molar refractivity (Wildman–Crippen MR) is 71.2 cm³/mol. The van der Waals surface area contributed by atoms with Gasteiger partial charge >= 0.3 is 5.97 Å². The number of ether oxygens (including phenoxy) is 1. The van der Waals surface area contributed by atoms with Crippen molar-refractivity contribution >= 4 is 16.0 Å². The van der Waals surface area contributed by atoms with Crippen molar-refractivity contribution in [2.45, 2.75) is 30.9 Å². The zero-order valence-corrected chi connectivity index (χ0v) is 12.1. The van der Waals surface area contributed by atoms with E-state index in [-0.39, 0.29) is 4.90 Å². The van der Waals surface area contributed by atoms with Crippen molar-refractivity contribution in [3.05, 3.63) is 23.8 Å². The Kier molecular flexibility index (Phi) is 5.09. The molecule has 0 fully saturated rings. The topological polar surface area (TPSA) is 113 Å². The average Bonchev–Trinajstić information content (AvgIpc) is 2.35. The quantitative estimate of drug-likeness (QED) is 0.688. The second-order valence-electron chi connectivity index (χ2n) is 4.31. The summed E-state index contributed by atoms with van der Waals surface area (Å²) in [6.07, 6.45) is -1.36. The van der Waals surface area contributed by atoms with E-state index in [9.17, 15) is 18.3 Å². The number of carboxylic acid groups (broad SMARTS) is 1. The van der Waals surface area contributed by atoms with Crippen molar-refractivity contribution in [3.8, 4) is 5.75 Å². The van der Waals surface area contributed by atoms with E-state index in [2.05, 4.69) is 0 Å². The minimum absolute atomic E-state index is 0.0947. The third kappa shape index (κ3) is 3.69. The van der Waals surface area contributed by atoms with Gasteiger partial charge in [0.2, 0.25) is 10.0 Å². The largest absolute Gasteiger partial charge is 0.496 e. The van der Waals surface area contributed by atoms with Gasteiger partial charge in [-0.05, 0) is 37.6 Å². The molecule has 0 amide bonds. The van der Waals surface area contributed by atoms with Crippen LogP contribution in [0.2, 0.25) is 0 Å². The second kappa shape index (κ2) is 6.21. The Morgan fingerprint density at radius 3 is 2.40 bits per heavy atom. The third-order valence-electron chi connectivity index (χ3n) is 2.71. The summed E-state index contributed by atoms with van der Waals surface area (Å²) >= 11 is 0. The summed E-state index contributed by atoms with van der Waals surface area (Å²) in [6.45, 7) is 2.86. The van der Waals surface area contributed by atoms with Crippen molar-refractivity contribution in [1.29, 1.82) is 0 Å². The molecule has 0 aliphatic heterocycles. The van der Waals surface area contributed by atoms with Gasteiger partial charge in [0.1, 0.15) is 11.8 Å². The molecule has 1 aromatic rings. The lowest BCUT2D eigenvalue weighted by Gasteiger charge is -2.17. The van der Waals surface area contributed by atoms with Crippen LogP contribution in [0, 0.1) is 6.92 Å². The van der Waals surface area contributed by atoms with Crippen molar-refractivity contribution in [3.63, 3.8) is 0 Å². The maximum atomic E-state index is 12.1. The van der Waals surface area contributed by atoms with E-state index >= 15 is 0 Å². The van der Waals surface area contributed by atoms with Crippen LogP contribution in [0.1, 0.15) is 12.5 Å². The smallest absolute Gasteiger partial charge is 0.324 e. The molecular formula is C12H17NO6S. The lowest BCUT2D eigenvalue weighted by molar-refractivity contribution is -0.141. The zero-order valence-electron chi connectivity index (χ0n) is 11.3. The second-order valence-corrected chi connectivity index (χ2v) is 6.02. The molecule has 8 heteroatoms. The summed E-state index contributed by atoms with van der Waals surface area (Å²) in [5, 5.41) is 18.2. The van der Waals surface area contributed by atoms with Gasteiger partial charge in [0, 0.05) is 0 Å². The number of sulfonamides is 1. The van der Waals surface area contributed by atoms with Gasteiger partial charge in [0.15, 0.2) is 0 Å². The number of aliphatic carboxylic acids is 1. The molecule has 20 heavy (non-hydrogen) atoms. The van der Waals surface area contributed by atoms with E-state index in [0.29, 0.717) is 11.3 Å². The molecule has 2 atom stereocenters. The van der Waals surface area contributed by atoms with Crippen LogP contribution in [0.3, 0.4) is 0 Å². The number of hydrogen-bond acceptors (Lipinski definition) is 5. The van der Waals surface area contributed by atoms with Crippen LogP contribution in [-0.4, -0.2) is 43.9 Å². The zero-order chi connectivity index (χ0) is 15.5. The number of nitrogens with one attached hydrogen (secondary N) is 1. The highest BCUT2D eigenvalue weighted by molar-refractivity contribution is 7.89. The number of carbonyl (C=O) groups is 1. The van der Waals surface area contributed by atoms with Crippen LogP contribution >= 0.6 is 0 Å². The van der Waals surface area contributed by atoms with Gasteiger partial charge in [-0.25, -0.2) is 8.42 Å². The van der Waals surface area contributed by atoms with Gasteiger partial charge in [0.25, 0.3) is 0 Å². The minimum atomic E-state index is -4.04. The van der Waals surface area contributed by atoms with E-state index in [0.717, 1.165) is 0 Å². The van der Waals surface area contributed by atoms with Crippen LogP contribution in [0.5, 0.6) is 5.75 Å². The van der Waals surface area contributed by atoms with Crippen LogP contribution in [0.25, 0.3) is 0 Å². The molecule has 0 spiro atoms. The van der Waals surface area contributed by atoms with Crippen molar-refractivity contribution in [2.75, 3.05) is 7.11 Å². The van der Waals surface area contributed by atoms with Gasteiger partial charge < -0.3 is 14.9 Å². The molecule has 0 heterocycles. The van der Waals surface area contributed by atoms with Crippen LogP contribution in [-0.2, 0) is 14.8 Å². The number of aliphatic hydroxyl groups is 1. The Bertz CT molecular complexity index is 596. The first-order chi connectivity index (χ1) is 9.19. The summed E-state index contributed by atoms with van der Waals surface area (Å²) in [5.74, 6) is -0.928. The highest BCUT2D eigenvalue weighted by atomic mass is 32.2. The van der Waals surface area contributed by atoms with E-state index < -0.39 is 28.1 Å². The first kappa shape index (κ1) is 16.4. The number of aliphatic hydroxyl groups excluding tert-OH is 1. The van der Waals surface area contributed by atoms with E-state index in [1.54, 1.807) is 6.92 Å². The summed E-state index contributed by atoms with van der Waals surface area (Å²) in [7, 11) is -2.58. The number of hydrogen-bond donors (Lipinski definition) is 3. The molecule has 112 valence electrons. The van der Waals surface area contributed by atoms with Crippen molar-refractivity contribution < 1.29 is 28.2 Å². The highest BCUT2D eigenvalue weighted by Crippen LogP contribution is 2.21. The standard InChI is InChI=1S/C12H17NO6S/c1-7-6-9(4-5-10(7)19-3)20(17,18)13-11(8(2)14)12(15)16/h4-6,8,11,13-14H,1-3H3,(H,15,16). The average molecular weight is 303 g/mol. The normalized spacial score (nSPS) is 14.6. The fourth-order valence-corrected chi connectivity index (χ4v) is 2.96. The number of carboxylic acids is 1. The molecule has 2 unspecified atom stereocenters. The van der Waals surface area contributed by atoms with Crippen molar-refractivity contribution in [1.82, 2.24) is 4.72 Å². The van der Waals surface area contributed by atoms with Gasteiger partial charge in [-0.15, -0.1) is 0 Å². The fourth-order valence-electron chi connectivity index (χ4n) is 1.61. The predicted octanol–water partition coefficient (Wildman–Crippen LogP) is 0.116. The third-order valence-corrected chi connectivity index (χ3v) is 4.15. The molecule has 0 radical (unpaired) electrons. The first-order valence-corrected chi connectivity index (χ1v) is 7.25. The monoisotopic (exact) mass is 303 g/mol. The van der Waals surface area contributed by atoms with Gasteiger partial charge in [-0.3, -0.25) is 4.79 Å². The molecule has 0 saturated carbocycles. The number of aryl methyl sites for hydroxylation is 1. The van der Waals surface area contributed by atoms with Crippen LogP contribution < -0.4 is 9.46 Å². The molecule has 0 aliphatic carbocycles. The lowest BCUT2D eigenvalue weighted by atomic mass is 10.2. The maximum absolute atomic E-state index is 12.1. The number of methoxy groups -OCH3 is 1. The SMILES string of the molecule is COc1ccc(S(=O)(=O)NC(C(=O)O)C(C)O)cc1C. The highest BCUT2D eigenvalue weighted by Gasteiger charge is 2.29. The Morgan fingerprint density at radius 2 is 2.00 bits per heavy atom. The molecule has 7 nitrogen and oxygen atoms in total. The molecule has 1 aromatic carbocycles. The Morgan fingerprint density at radius 1 is 1.40 bits per heavy atom. The Hall–Kier alpha value is -1.64. The van der Waals surface area contributed by atoms with Gasteiger partial charge in [0.05, 0.1) is 18.1 Å². The summed E-state index contributed by atoms with van der Waals surface area (Å²) < 4.78 is 31.1. The van der Waals surface area contributed by atoms with E-state index in [4.69, 9.17) is 9.84 Å². The molecule has 0 aliphatic rings.